The minimum absolute atomic E-state index is 0.113. The molecule has 1 fully saturated rings. The summed E-state index contributed by atoms with van der Waals surface area (Å²) in [6.07, 6.45) is 5.79. The molecule has 1 aliphatic rings. The Morgan fingerprint density at radius 1 is 1.30 bits per heavy atom. The lowest BCUT2D eigenvalue weighted by Crippen LogP contribution is -2.42. The van der Waals surface area contributed by atoms with Crippen LogP contribution in [0.3, 0.4) is 0 Å². The van der Waals surface area contributed by atoms with Crippen LogP contribution in [0.25, 0.3) is 0 Å². The maximum Gasteiger partial charge on any atom is 0.223 e. The second kappa shape index (κ2) is 6.89. The van der Waals surface area contributed by atoms with Gasteiger partial charge >= 0.3 is 0 Å². The van der Waals surface area contributed by atoms with E-state index in [1.807, 2.05) is 18.2 Å². The Balaban J connectivity index is 1.74. The molecule has 1 aromatic carbocycles. The molecule has 0 radical (unpaired) electrons. The third-order valence-corrected chi connectivity index (χ3v) is 4.16. The van der Waals surface area contributed by atoms with Crippen LogP contribution in [0.1, 0.15) is 44.6 Å². The molecule has 1 atom stereocenters. The fourth-order valence-corrected chi connectivity index (χ4v) is 2.76. The van der Waals surface area contributed by atoms with E-state index in [9.17, 15) is 9.90 Å². The number of hydrogen-bond acceptors (Lipinski definition) is 2. The average molecular weight is 275 g/mol. The van der Waals surface area contributed by atoms with Crippen LogP contribution in [-0.4, -0.2) is 23.2 Å². The molecule has 1 amide bonds. The van der Waals surface area contributed by atoms with Crippen LogP contribution in [0.5, 0.6) is 0 Å². The molecule has 3 heteroatoms. The number of aliphatic hydroxyl groups is 1. The molecular weight excluding hydrogens is 250 g/mol. The molecule has 3 nitrogen and oxygen atoms in total. The van der Waals surface area contributed by atoms with Gasteiger partial charge in [-0.1, -0.05) is 43.2 Å². The SMILES string of the molecule is CC(O)(CCc1ccccc1)CNC(=O)C1CCCC1. The van der Waals surface area contributed by atoms with Crippen molar-refractivity contribution in [1.29, 1.82) is 0 Å². The zero-order valence-electron chi connectivity index (χ0n) is 12.3. The molecule has 2 N–H and O–H groups in total. The van der Waals surface area contributed by atoms with E-state index in [1.165, 1.54) is 5.56 Å². The summed E-state index contributed by atoms with van der Waals surface area (Å²) in [5.41, 5.74) is 0.374. The lowest BCUT2D eigenvalue weighted by molar-refractivity contribution is -0.126. The first-order valence-corrected chi connectivity index (χ1v) is 7.61. The lowest BCUT2D eigenvalue weighted by Gasteiger charge is -2.24. The van der Waals surface area contributed by atoms with E-state index in [4.69, 9.17) is 0 Å². The summed E-state index contributed by atoms with van der Waals surface area (Å²) in [7, 11) is 0. The van der Waals surface area contributed by atoms with Gasteiger partial charge in [0.2, 0.25) is 5.91 Å². The van der Waals surface area contributed by atoms with Gasteiger partial charge in [0.25, 0.3) is 0 Å². The number of benzene rings is 1. The van der Waals surface area contributed by atoms with Crippen molar-refractivity contribution in [2.75, 3.05) is 6.54 Å². The molecule has 1 aromatic rings. The summed E-state index contributed by atoms with van der Waals surface area (Å²) in [6.45, 7) is 2.14. The van der Waals surface area contributed by atoms with Gasteiger partial charge in [0.15, 0.2) is 0 Å². The molecule has 20 heavy (non-hydrogen) atoms. The Morgan fingerprint density at radius 3 is 2.60 bits per heavy atom. The highest BCUT2D eigenvalue weighted by Crippen LogP contribution is 2.24. The summed E-state index contributed by atoms with van der Waals surface area (Å²) in [4.78, 5) is 11.9. The van der Waals surface area contributed by atoms with Gasteiger partial charge in [-0.3, -0.25) is 4.79 Å². The number of aryl methyl sites for hydroxylation is 1. The van der Waals surface area contributed by atoms with E-state index >= 15 is 0 Å². The standard InChI is InChI=1S/C17H25NO2/c1-17(20,12-11-14-7-3-2-4-8-14)13-18-16(19)15-9-5-6-10-15/h2-4,7-8,15,20H,5-6,9-13H2,1H3,(H,18,19). The first-order chi connectivity index (χ1) is 9.57. The van der Waals surface area contributed by atoms with E-state index < -0.39 is 5.60 Å². The highest BCUT2D eigenvalue weighted by molar-refractivity contribution is 5.78. The molecule has 0 spiro atoms. The molecule has 1 unspecified atom stereocenters. The third kappa shape index (κ3) is 4.64. The zero-order valence-corrected chi connectivity index (χ0v) is 12.3. The Morgan fingerprint density at radius 2 is 1.95 bits per heavy atom. The predicted octanol–water partition coefficient (Wildman–Crippen LogP) is 2.68. The van der Waals surface area contributed by atoms with Crippen molar-refractivity contribution >= 4 is 5.91 Å². The van der Waals surface area contributed by atoms with Crippen LogP contribution in [0, 0.1) is 5.92 Å². The van der Waals surface area contributed by atoms with Crippen molar-refractivity contribution in [2.45, 2.75) is 51.0 Å². The van der Waals surface area contributed by atoms with Crippen LogP contribution in [0.15, 0.2) is 30.3 Å². The Labute approximate surface area is 121 Å². The topological polar surface area (TPSA) is 49.3 Å². The monoisotopic (exact) mass is 275 g/mol. The van der Waals surface area contributed by atoms with E-state index in [0.717, 1.165) is 32.1 Å². The quantitative estimate of drug-likeness (QED) is 0.838. The molecule has 0 bridgehead atoms. The van der Waals surface area contributed by atoms with E-state index in [-0.39, 0.29) is 11.8 Å². The summed E-state index contributed by atoms with van der Waals surface area (Å²) in [6, 6.07) is 10.1. The van der Waals surface area contributed by atoms with Crippen molar-refractivity contribution < 1.29 is 9.90 Å². The summed E-state index contributed by atoms with van der Waals surface area (Å²) in [5.74, 6) is 0.280. The van der Waals surface area contributed by atoms with Crippen molar-refractivity contribution in [3.63, 3.8) is 0 Å². The number of carbonyl (C=O) groups excluding carboxylic acids is 1. The average Bonchev–Trinajstić information content (AvgIpc) is 2.98. The summed E-state index contributed by atoms with van der Waals surface area (Å²) < 4.78 is 0. The van der Waals surface area contributed by atoms with Crippen LogP contribution in [-0.2, 0) is 11.2 Å². The van der Waals surface area contributed by atoms with Gasteiger partial charge in [-0.05, 0) is 38.2 Å². The van der Waals surface area contributed by atoms with E-state index in [0.29, 0.717) is 13.0 Å². The zero-order chi connectivity index (χ0) is 14.4. The van der Waals surface area contributed by atoms with Crippen LogP contribution in [0.4, 0.5) is 0 Å². The summed E-state index contributed by atoms with van der Waals surface area (Å²) >= 11 is 0. The van der Waals surface area contributed by atoms with Gasteiger partial charge < -0.3 is 10.4 Å². The Bertz CT molecular complexity index is 422. The van der Waals surface area contributed by atoms with Gasteiger partial charge in [-0.25, -0.2) is 0 Å². The van der Waals surface area contributed by atoms with Gasteiger partial charge in [0.1, 0.15) is 0 Å². The van der Waals surface area contributed by atoms with Crippen LogP contribution < -0.4 is 5.32 Å². The number of rotatable bonds is 6. The highest BCUT2D eigenvalue weighted by atomic mass is 16.3. The fourth-order valence-electron chi connectivity index (χ4n) is 2.76. The van der Waals surface area contributed by atoms with Crippen LogP contribution >= 0.6 is 0 Å². The maximum absolute atomic E-state index is 11.9. The lowest BCUT2D eigenvalue weighted by atomic mass is 9.96. The molecule has 2 rings (SSSR count). The van der Waals surface area contributed by atoms with Crippen molar-refractivity contribution in [3.05, 3.63) is 35.9 Å². The molecule has 1 aliphatic carbocycles. The van der Waals surface area contributed by atoms with Crippen molar-refractivity contribution in [3.8, 4) is 0 Å². The highest BCUT2D eigenvalue weighted by Gasteiger charge is 2.26. The molecule has 0 aliphatic heterocycles. The number of nitrogens with one attached hydrogen (secondary N) is 1. The second-order valence-corrected chi connectivity index (χ2v) is 6.18. The Kier molecular flexibility index (Phi) is 5.18. The molecule has 0 heterocycles. The number of carbonyl (C=O) groups is 1. The maximum atomic E-state index is 11.9. The normalized spacial score (nSPS) is 18.7. The van der Waals surface area contributed by atoms with Gasteiger partial charge in [0.05, 0.1) is 5.60 Å². The first-order valence-electron chi connectivity index (χ1n) is 7.61. The minimum atomic E-state index is -0.843. The Hall–Kier alpha value is -1.35. The van der Waals surface area contributed by atoms with Gasteiger partial charge in [-0.15, -0.1) is 0 Å². The second-order valence-electron chi connectivity index (χ2n) is 6.18. The largest absolute Gasteiger partial charge is 0.388 e. The molecule has 0 saturated heterocycles. The predicted molar refractivity (Wildman–Crippen MR) is 80.4 cm³/mol. The molecule has 1 saturated carbocycles. The van der Waals surface area contributed by atoms with Gasteiger partial charge in [-0.2, -0.15) is 0 Å². The van der Waals surface area contributed by atoms with Crippen molar-refractivity contribution in [2.24, 2.45) is 5.92 Å². The smallest absolute Gasteiger partial charge is 0.223 e. The van der Waals surface area contributed by atoms with E-state index in [2.05, 4.69) is 17.4 Å². The van der Waals surface area contributed by atoms with E-state index in [1.54, 1.807) is 6.92 Å². The molecule has 110 valence electrons. The van der Waals surface area contributed by atoms with Crippen LogP contribution in [0.2, 0.25) is 0 Å². The number of amides is 1. The number of hydrogen-bond donors (Lipinski definition) is 2. The molecular formula is C17H25NO2. The first kappa shape index (κ1) is 15.0. The minimum Gasteiger partial charge on any atom is -0.388 e. The molecule has 0 aromatic heterocycles. The van der Waals surface area contributed by atoms with Gasteiger partial charge in [0, 0.05) is 12.5 Å². The summed E-state index contributed by atoms with van der Waals surface area (Å²) in [5, 5.41) is 13.3. The fraction of sp³-hybridized carbons (Fsp3) is 0.588. The van der Waals surface area contributed by atoms with Crippen molar-refractivity contribution in [1.82, 2.24) is 5.32 Å². The third-order valence-electron chi connectivity index (χ3n) is 4.16.